The van der Waals surface area contributed by atoms with E-state index in [0.717, 1.165) is 0 Å². The number of aromatic hydroxyl groups is 1. The smallest absolute Gasteiger partial charge is 0.239 e. The molecule has 0 saturated carbocycles. The van der Waals surface area contributed by atoms with Gasteiger partial charge in [-0.2, -0.15) is 0 Å². The fourth-order valence-corrected chi connectivity index (χ4v) is 1.98. The van der Waals surface area contributed by atoms with Gasteiger partial charge in [0.1, 0.15) is 17.4 Å². The van der Waals surface area contributed by atoms with Crippen LogP contribution in [0, 0.1) is 0 Å². The molecule has 8 nitrogen and oxygen atoms in total. The Balaban J connectivity index is 0.00000200. The number of H-pyrrole nitrogens is 1. The van der Waals surface area contributed by atoms with E-state index in [0.29, 0.717) is 16.7 Å². The molecule has 0 bridgehead atoms. The molecule has 0 unspecified atom stereocenters. The molecule has 0 saturated heterocycles. The van der Waals surface area contributed by atoms with Crippen LogP contribution < -0.4 is 4.90 Å². The van der Waals surface area contributed by atoms with Crippen molar-refractivity contribution in [2.75, 3.05) is 25.2 Å². The van der Waals surface area contributed by atoms with E-state index in [1.807, 2.05) is 0 Å². The predicted octanol–water partition coefficient (Wildman–Crippen LogP) is -0.764. The van der Waals surface area contributed by atoms with E-state index in [1.54, 1.807) is 18.1 Å². The SMILES string of the molecule is CN(c1c[nH]c2c(O)ncnc12)[C@H](CO)[C@@H](O)CO.Cl. The number of fused-ring (bicyclic) bond motifs is 1. The Hall–Kier alpha value is -1.61. The topological polar surface area (TPSA) is 126 Å². The van der Waals surface area contributed by atoms with Crippen LogP contribution >= 0.6 is 12.4 Å². The van der Waals surface area contributed by atoms with Crippen molar-refractivity contribution in [2.45, 2.75) is 12.1 Å². The highest BCUT2D eigenvalue weighted by Crippen LogP contribution is 2.29. The molecular weight excluding hydrogens is 288 g/mol. The summed E-state index contributed by atoms with van der Waals surface area (Å²) in [6.45, 7) is -0.792. The highest BCUT2D eigenvalue weighted by Gasteiger charge is 2.25. The van der Waals surface area contributed by atoms with Crippen LogP contribution in [0.5, 0.6) is 5.88 Å². The highest BCUT2D eigenvalue weighted by molar-refractivity contribution is 5.91. The fourth-order valence-electron chi connectivity index (χ4n) is 1.98. The second-order valence-electron chi connectivity index (χ2n) is 4.21. The van der Waals surface area contributed by atoms with Gasteiger partial charge in [0.15, 0.2) is 0 Å². The summed E-state index contributed by atoms with van der Waals surface area (Å²) in [6.07, 6.45) is 1.72. The molecule has 2 atom stereocenters. The lowest BCUT2D eigenvalue weighted by Crippen LogP contribution is -2.45. The molecule has 20 heavy (non-hydrogen) atoms. The number of rotatable bonds is 5. The zero-order valence-electron chi connectivity index (χ0n) is 10.8. The van der Waals surface area contributed by atoms with E-state index in [1.165, 1.54) is 6.33 Å². The molecule has 2 heterocycles. The lowest BCUT2D eigenvalue weighted by Gasteiger charge is -2.30. The molecular formula is C11H17ClN4O4. The first-order chi connectivity index (χ1) is 9.10. The number of hydrogen-bond donors (Lipinski definition) is 5. The van der Waals surface area contributed by atoms with Gasteiger partial charge in [-0.15, -0.1) is 12.4 Å². The lowest BCUT2D eigenvalue weighted by molar-refractivity contribution is 0.0533. The first-order valence-electron chi connectivity index (χ1n) is 5.73. The molecule has 0 aliphatic carbocycles. The van der Waals surface area contributed by atoms with Gasteiger partial charge in [-0.3, -0.25) is 0 Å². The fraction of sp³-hybridized carbons (Fsp3) is 0.455. The molecule has 0 fully saturated rings. The monoisotopic (exact) mass is 304 g/mol. The van der Waals surface area contributed by atoms with E-state index < -0.39 is 18.8 Å². The molecule has 0 amide bonds. The second-order valence-corrected chi connectivity index (χ2v) is 4.21. The van der Waals surface area contributed by atoms with Gasteiger partial charge >= 0.3 is 0 Å². The van der Waals surface area contributed by atoms with Crippen molar-refractivity contribution < 1.29 is 20.4 Å². The van der Waals surface area contributed by atoms with Gasteiger partial charge in [-0.1, -0.05) is 0 Å². The van der Waals surface area contributed by atoms with Crippen LogP contribution in [0.2, 0.25) is 0 Å². The highest BCUT2D eigenvalue weighted by atomic mass is 35.5. The van der Waals surface area contributed by atoms with Crippen molar-refractivity contribution in [3.63, 3.8) is 0 Å². The molecule has 0 aliphatic rings. The van der Waals surface area contributed by atoms with Crippen molar-refractivity contribution in [1.29, 1.82) is 0 Å². The van der Waals surface area contributed by atoms with E-state index in [-0.39, 0.29) is 24.9 Å². The first-order valence-corrected chi connectivity index (χ1v) is 5.73. The van der Waals surface area contributed by atoms with Gasteiger partial charge in [0, 0.05) is 13.2 Å². The van der Waals surface area contributed by atoms with Crippen LogP contribution in [0.4, 0.5) is 5.69 Å². The van der Waals surface area contributed by atoms with E-state index in [4.69, 9.17) is 5.11 Å². The molecule has 2 aromatic rings. The maximum absolute atomic E-state index is 9.67. The normalized spacial score (nSPS) is 13.8. The molecule has 2 aromatic heterocycles. The Morgan fingerprint density at radius 3 is 2.60 bits per heavy atom. The molecule has 0 aromatic carbocycles. The molecule has 0 spiro atoms. The van der Waals surface area contributed by atoms with Gasteiger partial charge in [-0.25, -0.2) is 9.97 Å². The quantitative estimate of drug-likeness (QED) is 0.491. The first kappa shape index (κ1) is 16.4. The number of anilines is 1. The molecule has 5 N–H and O–H groups in total. The number of hydrogen-bond acceptors (Lipinski definition) is 7. The Labute approximate surface area is 121 Å². The second kappa shape index (κ2) is 6.71. The minimum absolute atomic E-state index is 0. The summed E-state index contributed by atoms with van der Waals surface area (Å²) in [5.41, 5.74) is 1.43. The van der Waals surface area contributed by atoms with Crippen LogP contribution in [0.25, 0.3) is 11.0 Å². The summed E-state index contributed by atoms with van der Waals surface area (Å²) in [7, 11) is 1.65. The summed E-state index contributed by atoms with van der Waals surface area (Å²) in [5, 5.41) is 37.5. The average Bonchev–Trinajstić information content (AvgIpc) is 2.84. The largest absolute Gasteiger partial charge is 0.492 e. The molecule has 0 aliphatic heterocycles. The van der Waals surface area contributed by atoms with Crippen LogP contribution in [-0.2, 0) is 0 Å². The molecule has 0 radical (unpaired) electrons. The number of aromatic amines is 1. The number of likely N-dealkylation sites (N-methyl/N-ethyl adjacent to an activating group) is 1. The molecule has 112 valence electrons. The van der Waals surface area contributed by atoms with Crippen LogP contribution in [0.1, 0.15) is 0 Å². The summed E-state index contributed by atoms with van der Waals surface area (Å²) in [4.78, 5) is 12.1. The van der Waals surface area contributed by atoms with Crippen LogP contribution in [0.3, 0.4) is 0 Å². The van der Waals surface area contributed by atoms with Crippen LogP contribution in [-0.4, -0.2) is 67.8 Å². The van der Waals surface area contributed by atoms with Crippen LogP contribution in [0.15, 0.2) is 12.5 Å². The Morgan fingerprint density at radius 2 is 2.00 bits per heavy atom. The standard InChI is InChI=1S/C11H16N4O4.ClH/c1-15(7(3-16)8(18)4-17)6-2-12-10-9(6)13-5-14-11(10)19;/h2,5,7-8,12,16-18H,3-4H2,1H3,(H,13,14,19);1H/t7-,8+;/m1./s1. The summed E-state index contributed by atoms with van der Waals surface area (Å²) >= 11 is 0. The Morgan fingerprint density at radius 1 is 1.30 bits per heavy atom. The number of aromatic nitrogens is 3. The molecule has 9 heteroatoms. The van der Waals surface area contributed by atoms with Gasteiger partial charge in [-0.05, 0) is 0 Å². The summed E-state index contributed by atoms with van der Waals surface area (Å²) in [6, 6.07) is -0.680. The number of nitrogens with zero attached hydrogens (tertiary/aromatic N) is 3. The third-order valence-corrected chi connectivity index (χ3v) is 3.12. The number of halogens is 1. The van der Waals surface area contributed by atoms with Gasteiger partial charge in [0.2, 0.25) is 5.88 Å². The average molecular weight is 305 g/mol. The summed E-state index contributed by atoms with van der Waals surface area (Å²) < 4.78 is 0. The Kier molecular flexibility index (Phi) is 5.52. The third kappa shape index (κ3) is 2.78. The molecule has 2 rings (SSSR count). The van der Waals surface area contributed by atoms with Crippen molar-refractivity contribution in [3.05, 3.63) is 12.5 Å². The van der Waals surface area contributed by atoms with Crippen molar-refractivity contribution in [2.24, 2.45) is 0 Å². The zero-order chi connectivity index (χ0) is 14.0. The van der Waals surface area contributed by atoms with E-state index in [2.05, 4.69) is 15.0 Å². The maximum Gasteiger partial charge on any atom is 0.239 e. The van der Waals surface area contributed by atoms with Gasteiger partial charge in [0.25, 0.3) is 0 Å². The predicted molar refractivity (Wildman–Crippen MR) is 75.2 cm³/mol. The third-order valence-electron chi connectivity index (χ3n) is 3.12. The number of nitrogens with one attached hydrogen (secondary N) is 1. The van der Waals surface area contributed by atoms with Gasteiger partial charge < -0.3 is 30.3 Å². The number of aliphatic hydroxyl groups excluding tert-OH is 3. The van der Waals surface area contributed by atoms with E-state index in [9.17, 15) is 15.3 Å². The van der Waals surface area contributed by atoms with Crippen molar-refractivity contribution >= 4 is 29.1 Å². The maximum atomic E-state index is 9.67. The Bertz CT molecular complexity index is 564. The number of aliphatic hydroxyl groups is 3. The van der Waals surface area contributed by atoms with Gasteiger partial charge in [0.05, 0.1) is 31.0 Å². The zero-order valence-corrected chi connectivity index (χ0v) is 11.6. The van der Waals surface area contributed by atoms with E-state index >= 15 is 0 Å². The van der Waals surface area contributed by atoms with Crippen molar-refractivity contribution in [3.8, 4) is 5.88 Å². The van der Waals surface area contributed by atoms with Crippen molar-refractivity contribution in [1.82, 2.24) is 15.0 Å². The summed E-state index contributed by atoms with van der Waals surface area (Å²) in [5.74, 6) is -0.173. The lowest BCUT2D eigenvalue weighted by atomic mass is 10.1. The minimum Gasteiger partial charge on any atom is -0.492 e. The minimum atomic E-state index is -1.09.